The van der Waals surface area contributed by atoms with Crippen molar-refractivity contribution in [2.75, 3.05) is 38.3 Å². The minimum atomic E-state index is -0.416. The SMILES string of the molecule is CN(Cc1csc(CN2CCOCC2)n1)c1ccc(-c2cccc([N+](=O)[O-])c2)nn1. The van der Waals surface area contributed by atoms with Gasteiger partial charge in [-0.2, -0.15) is 0 Å². The second-order valence-corrected chi connectivity index (χ2v) is 8.00. The van der Waals surface area contributed by atoms with Gasteiger partial charge in [0.15, 0.2) is 5.82 Å². The zero-order valence-electron chi connectivity index (χ0n) is 16.6. The Morgan fingerprint density at radius 3 is 2.80 bits per heavy atom. The molecule has 0 bridgehead atoms. The molecule has 0 aliphatic carbocycles. The fourth-order valence-electron chi connectivity index (χ4n) is 3.23. The van der Waals surface area contributed by atoms with Gasteiger partial charge < -0.3 is 9.64 Å². The van der Waals surface area contributed by atoms with Gasteiger partial charge in [0, 0.05) is 43.2 Å². The van der Waals surface area contributed by atoms with Crippen molar-refractivity contribution >= 4 is 22.8 Å². The van der Waals surface area contributed by atoms with E-state index in [0.29, 0.717) is 23.6 Å². The van der Waals surface area contributed by atoms with Crippen molar-refractivity contribution in [1.82, 2.24) is 20.1 Å². The van der Waals surface area contributed by atoms with E-state index in [1.54, 1.807) is 23.5 Å². The number of ether oxygens (including phenoxy) is 1. The predicted octanol–water partition coefficient (Wildman–Crippen LogP) is 2.98. The van der Waals surface area contributed by atoms with Gasteiger partial charge in [-0.25, -0.2) is 4.98 Å². The lowest BCUT2D eigenvalue weighted by Gasteiger charge is -2.25. The second kappa shape index (κ2) is 9.24. The van der Waals surface area contributed by atoms with Crippen molar-refractivity contribution < 1.29 is 9.66 Å². The topological polar surface area (TPSA) is 97.5 Å². The summed E-state index contributed by atoms with van der Waals surface area (Å²) in [4.78, 5) is 19.6. The largest absolute Gasteiger partial charge is 0.379 e. The Morgan fingerprint density at radius 1 is 1.23 bits per heavy atom. The van der Waals surface area contributed by atoms with Crippen LogP contribution in [-0.2, 0) is 17.8 Å². The maximum atomic E-state index is 11.0. The molecule has 1 fully saturated rings. The monoisotopic (exact) mass is 426 g/mol. The highest BCUT2D eigenvalue weighted by Crippen LogP contribution is 2.23. The zero-order valence-corrected chi connectivity index (χ0v) is 17.4. The molecule has 2 aromatic heterocycles. The predicted molar refractivity (Wildman–Crippen MR) is 114 cm³/mol. The highest BCUT2D eigenvalue weighted by Gasteiger charge is 2.14. The number of hydrogen-bond donors (Lipinski definition) is 0. The molecule has 9 nitrogen and oxygen atoms in total. The number of nitro benzene ring substituents is 1. The first-order valence-electron chi connectivity index (χ1n) is 9.61. The number of anilines is 1. The lowest BCUT2D eigenvalue weighted by atomic mass is 10.1. The van der Waals surface area contributed by atoms with Crippen LogP contribution in [0, 0.1) is 10.1 Å². The van der Waals surface area contributed by atoms with Crippen LogP contribution in [0.3, 0.4) is 0 Å². The van der Waals surface area contributed by atoms with E-state index in [2.05, 4.69) is 20.5 Å². The molecule has 0 spiro atoms. The van der Waals surface area contributed by atoms with Crippen LogP contribution < -0.4 is 4.90 Å². The van der Waals surface area contributed by atoms with Crippen LogP contribution in [0.2, 0.25) is 0 Å². The highest BCUT2D eigenvalue weighted by molar-refractivity contribution is 7.09. The van der Waals surface area contributed by atoms with Gasteiger partial charge in [-0.3, -0.25) is 15.0 Å². The normalized spacial score (nSPS) is 14.6. The summed E-state index contributed by atoms with van der Waals surface area (Å²) in [5, 5.41) is 22.7. The van der Waals surface area contributed by atoms with Crippen molar-refractivity contribution in [3.63, 3.8) is 0 Å². The molecule has 0 radical (unpaired) electrons. The lowest BCUT2D eigenvalue weighted by Crippen LogP contribution is -2.35. The summed E-state index contributed by atoms with van der Waals surface area (Å²) in [5.74, 6) is 0.715. The number of nitro groups is 1. The Kier molecular flexibility index (Phi) is 6.26. The Balaban J connectivity index is 1.39. The molecule has 0 saturated carbocycles. The smallest absolute Gasteiger partial charge is 0.270 e. The van der Waals surface area contributed by atoms with Crippen LogP contribution in [0.4, 0.5) is 11.5 Å². The van der Waals surface area contributed by atoms with E-state index >= 15 is 0 Å². The van der Waals surface area contributed by atoms with E-state index in [0.717, 1.165) is 43.5 Å². The standard InChI is InChI=1S/C20H22N6O3S/c1-24(12-16-14-30-20(21-16)13-25-7-9-29-10-8-25)19-6-5-18(22-23-19)15-3-2-4-17(11-15)26(27)28/h2-6,11,14H,7-10,12-13H2,1H3. The van der Waals surface area contributed by atoms with E-state index in [1.807, 2.05) is 24.1 Å². The van der Waals surface area contributed by atoms with Gasteiger partial charge in [-0.1, -0.05) is 12.1 Å². The minimum Gasteiger partial charge on any atom is -0.379 e. The van der Waals surface area contributed by atoms with Crippen molar-refractivity contribution in [1.29, 1.82) is 0 Å². The van der Waals surface area contributed by atoms with Crippen molar-refractivity contribution in [3.8, 4) is 11.3 Å². The third-order valence-electron chi connectivity index (χ3n) is 4.86. The Morgan fingerprint density at radius 2 is 2.07 bits per heavy atom. The molecule has 0 N–H and O–H groups in total. The van der Waals surface area contributed by atoms with E-state index in [4.69, 9.17) is 9.72 Å². The average molecular weight is 427 g/mol. The van der Waals surface area contributed by atoms with Crippen LogP contribution in [-0.4, -0.2) is 58.4 Å². The second-order valence-electron chi connectivity index (χ2n) is 7.06. The molecule has 3 aromatic rings. The van der Waals surface area contributed by atoms with Gasteiger partial charge in [0.25, 0.3) is 5.69 Å². The summed E-state index contributed by atoms with van der Waals surface area (Å²) in [6.07, 6.45) is 0. The molecule has 10 heteroatoms. The van der Waals surface area contributed by atoms with Gasteiger partial charge in [-0.05, 0) is 12.1 Å². The van der Waals surface area contributed by atoms with E-state index < -0.39 is 4.92 Å². The number of rotatable bonds is 7. The number of nitrogens with zero attached hydrogens (tertiary/aromatic N) is 6. The van der Waals surface area contributed by atoms with Crippen molar-refractivity contribution in [2.45, 2.75) is 13.1 Å². The Hall–Kier alpha value is -2.95. The molecule has 0 atom stereocenters. The summed E-state index contributed by atoms with van der Waals surface area (Å²) in [6.45, 7) is 4.94. The fraction of sp³-hybridized carbons (Fsp3) is 0.350. The lowest BCUT2D eigenvalue weighted by molar-refractivity contribution is -0.384. The number of hydrogen-bond acceptors (Lipinski definition) is 9. The van der Waals surface area contributed by atoms with Crippen LogP contribution in [0.1, 0.15) is 10.7 Å². The van der Waals surface area contributed by atoms with Crippen molar-refractivity contribution in [2.24, 2.45) is 0 Å². The minimum absolute atomic E-state index is 0.0342. The molecular formula is C20H22N6O3S. The third kappa shape index (κ3) is 4.96. The number of morpholine rings is 1. The number of non-ortho nitro benzene ring substituents is 1. The summed E-state index contributed by atoms with van der Waals surface area (Å²) < 4.78 is 5.39. The number of benzene rings is 1. The molecule has 0 amide bonds. The van der Waals surface area contributed by atoms with Gasteiger partial charge in [-0.15, -0.1) is 21.5 Å². The summed E-state index contributed by atoms with van der Waals surface area (Å²) in [5.41, 5.74) is 2.29. The molecule has 30 heavy (non-hydrogen) atoms. The summed E-state index contributed by atoms with van der Waals surface area (Å²) >= 11 is 1.67. The molecule has 4 rings (SSSR count). The fourth-order valence-corrected chi connectivity index (χ4v) is 4.06. The average Bonchev–Trinajstić information content (AvgIpc) is 3.21. The molecule has 1 aromatic carbocycles. The molecule has 156 valence electrons. The maximum absolute atomic E-state index is 11.0. The molecular weight excluding hydrogens is 404 g/mol. The van der Waals surface area contributed by atoms with Gasteiger partial charge in [0.2, 0.25) is 0 Å². The van der Waals surface area contributed by atoms with Crippen molar-refractivity contribution in [3.05, 3.63) is 62.6 Å². The Labute approximate surface area is 178 Å². The molecule has 1 aliphatic heterocycles. The van der Waals surface area contributed by atoms with Gasteiger partial charge in [0.05, 0.1) is 42.6 Å². The molecule has 1 saturated heterocycles. The quantitative estimate of drug-likeness (QED) is 0.420. The molecule has 3 heterocycles. The zero-order chi connectivity index (χ0) is 20.9. The third-order valence-corrected chi connectivity index (χ3v) is 5.74. The van der Waals surface area contributed by atoms with Crippen LogP contribution in [0.25, 0.3) is 11.3 Å². The first kappa shape index (κ1) is 20.3. The van der Waals surface area contributed by atoms with E-state index in [1.165, 1.54) is 12.1 Å². The van der Waals surface area contributed by atoms with Gasteiger partial charge >= 0.3 is 0 Å². The highest BCUT2D eigenvalue weighted by atomic mass is 32.1. The number of thiazole rings is 1. The summed E-state index contributed by atoms with van der Waals surface area (Å²) in [6, 6.07) is 10.1. The number of aromatic nitrogens is 3. The van der Waals surface area contributed by atoms with E-state index in [-0.39, 0.29) is 5.69 Å². The van der Waals surface area contributed by atoms with Gasteiger partial charge in [0.1, 0.15) is 5.01 Å². The maximum Gasteiger partial charge on any atom is 0.270 e. The van der Waals surface area contributed by atoms with E-state index in [9.17, 15) is 10.1 Å². The Bertz CT molecular complexity index is 1000. The molecule has 1 aliphatic rings. The summed E-state index contributed by atoms with van der Waals surface area (Å²) in [7, 11) is 1.94. The molecule has 0 unspecified atom stereocenters. The van der Waals surface area contributed by atoms with Crippen LogP contribution >= 0.6 is 11.3 Å². The van der Waals surface area contributed by atoms with Crippen LogP contribution in [0.15, 0.2) is 41.8 Å². The van der Waals surface area contributed by atoms with Crippen LogP contribution in [0.5, 0.6) is 0 Å². The first-order valence-corrected chi connectivity index (χ1v) is 10.5. The first-order chi connectivity index (χ1) is 14.6.